The van der Waals surface area contributed by atoms with Gasteiger partial charge in [-0.3, -0.25) is 4.79 Å². The van der Waals surface area contributed by atoms with Gasteiger partial charge >= 0.3 is 0 Å². The molecule has 1 aliphatic heterocycles. The Bertz CT molecular complexity index is 1100. The molecule has 4 nitrogen and oxygen atoms in total. The predicted octanol–water partition coefficient (Wildman–Crippen LogP) is 7.55. The van der Waals surface area contributed by atoms with E-state index in [0.717, 1.165) is 24.3 Å². The number of rotatable bonds is 5. The molecule has 2 aromatic carbocycles. The van der Waals surface area contributed by atoms with E-state index in [9.17, 15) is 4.79 Å². The molecule has 1 fully saturated rings. The Balaban J connectivity index is 1.40. The lowest BCUT2D eigenvalue weighted by Gasteiger charge is -2.29. The van der Waals surface area contributed by atoms with Gasteiger partial charge in [-0.2, -0.15) is 0 Å². The first-order valence-electron chi connectivity index (χ1n) is 10.1. The van der Waals surface area contributed by atoms with Gasteiger partial charge < -0.3 is 14.6 Å². The van der Waals surface area contributed by atoms with Crippen molar-refractivity contribution in [2.45, 2.75) is 19.3 Å². The normalized spacial score (nSPS) is 14.2. The molecule has 1 amide bonds. The van der Waals surface area contributed by atoms with Crippen LogP contribution in [0.25, 0.3) is 17.4 Å². The predicted molar refractivity (Wildman–Crippen MR) is 129 cm³/mol. The van der Waals surface area contributed by atoms with E-state index in [1.165, 1.54) is 25.3 Å². The van der Waals surface area contributed by atoms with Crippen molar-refractivity contribution in [3.63, 3.8) is 0 Å². The zero-order valence-electron chi connectivity index (χ0n) is 16.7. The third-order valence-corrected chi connectivity index (χ3v) is 5.82. The van der Waals surface area contributed by atoms with E-state index in [2.05, 4.69) is 10.2 Å². The number of nitrogens with zero attached hydrogens (tertiary/aromatic N) is 1. The lowest BCUT2D eigenvalue weighted by molar-refractivity contribution is -0.111. The average molecular weight is 476 g/mol. The molecular formula is C24H21Cl3N2O2. The fourth-order valence-electron chi connectivity index (χ4n) is 3.61. The van der Waals surface area contributed by atoms with Gasteiger partial charge in [0.2, 0.25) is 5.91 Å². The molecule has 4 rings (SSSR count). The Morgan fingerprint density at radius 2 is 1.68 bits per heavy atom. The Morgan fingerprint density at radius 1 is 0.935 bits per heavy atom. The van der Waals surface area contributed by atoms with Crippen molar-refractivity contribution in [3.05, 3.63) is 75.4 Å². The topological polar surface area (TPSA) is 45.5 Å². The number of nitrogens with one attached hydrogen (secondary N) is 1. The molecule has 160 valence electrons. The highest BCUT2D eigenvalue weighted by molar-refractivity contribution is 6.35. The molecule has 0 saturated carbocycles. The highest BCUT2D eigenvalue weighted by Gasteiger charge is 2.14. The molecule has 0 spiro atoms. The number of benzene rings is 2. The first kappa shape index (κ1) is 21.8. The highest BCUT2D eigenvalue weighted by Crippen LogP contribution is 2.31. The van der Waals surface area contributed by atoms with Gasteiger partial charge in [0.1, 0.15) is 11.5 Å². The monoisotopic (exact) mass is 474 g/mol. The molecule has 1 aliphatic rings. The van der Waals surface area contributed by atoms with Gasteiger partial charge in [-0.15, -0.1) is 0 Å². The van der Waals surface area contributed by atoms with Crippen LogP contribution >= 0.6 is 34.8 Å². The van der Waals surface area contributed by atoms with Crippen LogP contribution in [-0.4, -0.2) is 19.0 Å². The molecule has 0 bridgehead atoms. The molecule has 1 aromatic heterocycles. The molecule has 0 unspecified atom stereocenters. The standard InChI is InChI=1S/C24H21Cl3N2O2/c25-17-12-16(13-18(26)14-17)23-8-5-20(31-23)6-9-24(30)28-19-4-7-22(21(27)15-19)29-10-2-1-3-11-29/h4-9,12-15H,1-3,10-11H2,(H,28,30)/b9-6+. The summed E-state index contributed by atoms with van der Waals surface area (Å²) in [6.45, 7) is 2.03. The molecule has 0 radical (unpaired) electrons. The zero-order valence-corrected chi connectivity index (χ0v) is 19.0. The minimum Gasteiger partial charge on any atom is -0.457 e. The Hall–Kier alpha value is -2.40. The third kappa shape index (κ3) is 5.65. The number of carbonyl (C=O) groups is 1. The van der Waals surface area contributed by atoms with Crippen LogP contribution in [0.3, 0.4) is 0 Å². The Kier molecular flexibility index (Phi) is 6.91. The van der Waals surface area contributed by atoms with Crippen molar-refractivity contribution in [2.75, 3.05) is 23.3 Å². The molecular weight excluding hydrogens is 455 g/mol. The second-order valence-corrected chi connectivity index (χ2v) is 8.68. The SMILES string of the molecule is O=C(/C=C/c1ccc(-c2cc(Cl)cc(Cl)c2)o1)Nc1ccc(N2CCCCC2)c(Cl)c1. The average Bonchev–Trinajstić information content (AvgIpc) is 3.22. The molecule has 3 aromatic rings. The van der Waals surface area contributed by atoms with Gasteiger partial charge in [-0.25, -0.2) is 0 Å². The van der Waals surface area contributed by atoms with E-state index in [0.29, 0.717) is 32.3 Å². The van der Waals surface area contributed by atoms with Crippen LogP contribution in [-0.2, 0) is 4.79 Å². The number of furan rings is 1. The van der Waals surface area contributed by atoms with Crippen LogP contribution in [0.1, 0.15) is 25.0 Å². The number of halogens is 3. The van der Waals surface area contributed by atoms with Crippen molar-refractivity contribution in [2.24, 2.45) is 0 Å². The molecule has 0 aliphatic carbocycles. The van der Waals surface area contributed by atoms with Crippen molar-refractivity contribution in [1.82, 2.24) is 0 Å². The van der Waals surface area contributed by atoms with Gasteiger partial charge in [-0.1, -0.05) is 34.8 Å². The molecule has 1 N–H and O–H groups in total. The summed E-state index contributed by atoms with van der Waals surface area (Å²) in [6.07, 6.45) is 6.64. The van der Waals surface area contributed by atoms with E-state index in [-0.39, 0.29) is 5.91 Å². The minimum absolute atomic E-state index is 0.273. The zero-order chi connectivity index (χ0) is 21.8. The van der Waals surface area contributed by atoms with Crippen LogP contribution in [0.2, 0.25) is 15.1 Å². The van der Waals surface area contributed by atoms with E-state index in [1.54, 1.807) is 42.5 Å². The fourth-order valence-corrected chi connectivity index (χ4v) is 4.44. The number of anilines is 2. The maximum Gasteiger partial charge on any atom is 0.248 e. The van der Waals surface area contributed by atoms with Gasteiger partial charge in [0, 0.05) is 40.5 Å². The van der Waals surface area contributed by atoms with E-state index < -0.39 is 0 Å². The van der Waals surface area contributed by atoms with Crippen LogP contribution in [0, 0.1) is 0 Å². The number of amides is 1. The van der Waals surface area contributed by atoms with Gasteiger partial charge in [0.25, 0.3) is 0 Å². The lowest BCUT2D eigenvalue weighted by Crippen LogP contribution is -2.29. The summed E-state index contributed by atoms with van der Waals surface area (Å²) < 4.78 is 5.77. The van der Waals surface area contributed by atoms with Crippen molar-refractivity contribution in [1.29, 1.82) is 0 Å². The van der Waals surface area contributed by atoms with Crippen molar-refractivity contribution >= 4 is 58.2 Å². The Morgan fingerprint density at radius 3 is 2.39 bits per heavy atom. The summed E-state index contributed by atoms with van der Waals surface area (Å²) in [7, 11) is 0. The van der Waals surface area contributed by atoms with E-state index in [1.807, 2.05) is 12.1 Å². The van der Waals surface area contributed by atoms with Crippen LogP contribution in [0.15, 0.2) is 59.0 Å². The summed E-state index contributed by atoms with van der Waals surface area (Å²) in [5.41, 5.74) is 2.43. The summed E-state index contributed by atoms with van der Waals surface area (Å²) in [6, 6.07) is 14.4. The second kappa shape index (κ2) is 9.82. The van der Waals surface area contributed by atoms with Gasteiger partial charge in [0.15, 0.2) is 0 Å². The molecule has 0 atom stereocenters. The maximum absolute atomic E-state index is 12.3. The lowest BCUT2D eigenvalue weighted by atomic mass is 10.1. The maximum atomic E-state index is 12.3. The number of hydrogen-bond acceptors (Lipinski definition) is 3. The highest BCUT2D eigenvalue weighted by atomic mass is 35.5. The summed E-state index contributed by atoms with van der Waals surface area (Å²) in [5.74, 6) is 0.884. The van der Waals surface area contributed by atoms with Crippen molar-refractivity contribution < 1.29 is 9.21 Å². The van der Waals surface area contributed by atoms with Crippen LogP contribution in [0.4, 0.5) is 11.4 Å². The van der Waals surface area contributed by atoms with Crippen LogP contribution in [0.5, 0.6) is 0 Å². The van der Waals surface area contributed by atoms with E-state index in [4.69, 9.17) is 39.2 Å². The number of piperidine rings is 1. The molecule has 31 heavy (non-hydrogen) atoms. The third-order valence-electron chi connectivity index (χ3n) is 5.08. The van der Waals surface area contributed by atoms with Gasteiger partial charge in [-0.05, 0) is 73.9 Å². The van der Waals surface area contributed by atoms with Crippen LogP contribution < -0.4 is 10.2 Å². The first-order valence-corrected chi connectivity index (χ1v) is 11.2. The number of carbonyl (C=O) groups excluding carboxylic acids is 1. The molecule has 1 saturated heterocycles. The summed E-state index contributed by atoms with van der Waals surface area (Å²) in [5, 5.41) is 4.53. The smallest absolute Gasteiger partial charge is 0.248 e. The van der Waals surface area contributed by atoms with Crippen molar-refractivity contribution in [3.8, 4) is 11.3 Å². The first-order chi connectivity index (χ1) is 15.0. The number of hydrogen-bond donors (Lipinski definition) is 1. The largest absolute Gasteiger partial charge is 0.457 e. The van der Waals surface area contributed by atoms with E-state index >= 15 is 0 Å². The summed E-state index contributed by atoms with van der Waals surface area (Å²) >= 11 is 18.6. The second-order valence-electron chi connectivity index (χ2n) is 7.40. The molecule has 7 heteroatoms. The fraction of sp³-hybridized carbons (Fsp3) is 0.208. The quantitative estimate of drug-likeness (QED) is 0.387. The minimum atomic E-state index is -0.273. The van der Waals surface area contributed by atoms with Gasteiger partial charge in [0.05, 0.1) is 10.7 Å². The molecule has 2 heterocycles. The Labute approximate surface area is 196 Å². The summed E-state index contributed by atoms with van der Waals surface area (Å²) in [4.78, 5) is 14.6.